The molecule has 0 radical (unpaired) electrons. The molecule has 3 unspecified atom stereocenters. The van der Waals surface area contributed by atoms with Gasteiger partial charge < -0.3 is 25.4 Å². The number of anilines is 2. The van der Waals surface area contributed by atoms with Crippen molar-refractivity contribution in [1.82, 2.24) is 4.90 Å². The fourth-order valence-electron chi connectivity index (χ4n) is 5.87. The zero-order chi connectivity index (χ0) is 25.4. The van der Waals surface area contributed by atoms with Crippen LogP contribution in [0.5, 0.6) is 0 Å². The molecule has 6 atom stereocenters. The van der Waals surface area contributed by atoms with Crippen molar-refractivity contribution < 1.29 is 24.2 Å². The highest BCUT2D eigenvalue weighted by Crippen LogP contribution is 2.60. The lowest BCUT2D eigenvalue weighted by Crippen LogP contribution is -2.54. The molecule has 36 heavy (non-hydrogen) atoms. The summed E-state index contributed by atoms with van der Waals surface area (Å²) in [5.74, 6) is -2.54. The molecule has 2 aromatic rings. The maximum Gasteiger partial charge on any atom is 0.250 e. The number of hydrogen-bond donors (Lipinski definition) is 3. The largest absolute Gasteiger partial charge is 0.396 e. The molecule has 3 N–H and O–H groups in total. The van der Waals surface area contributed by atoms with Crippen LogP contribution in [0.4, 0.5) is 11.4 Å². The lowest BCUT2D eigenvalue weighted by Gasteiger charge is -2.34. The van der Waals surface area contributed by atoms with Gasteiger partial charge in [0.05, 0.1) is 28.6 Å². The maximum absolute atomic E-state index is 13.9. The molecule has 10 heteroatoms. The Kier molecular flexibility index (Phi) is 7.09. The van der Waals surface area contributed by atoms with E-state index < -0.39 is 35.5 Å². The predicted octanol–water partition coefficient (Wildman–Crippen LogP) is 3.44. The van der Waals surface area contributed by atoms with E-state index in [1.165, 1.54) is 4.90 Å². The molecule has 1 spiro atoms. The van der Waals surface area contributed by atoms with Crippen LogP contribution in [0.25, 0.3) is 0 Å². The molecule has 3 heterocycles. The van der Waals surface area contributed by atoms with Crippen molar-refractivity contribution >= 4 is 56.6 Å². The van der Waals surface area contributed by atoms with Gasteiger partial charge in [-0.3, -0.25) is 14.4 Å². The van der Waals surface area contributed by atoms with E-state index in [1.54, 1.807) is 36.4 Å². The molecular weight excluding hydrogens is 550 g/mol. The fraction of sp³-hybridized carbons (Fsp3) is 0.423. The van der Waals surface area contributed by atoms with Crippen LogP contribution < -0.4 is 10.6 Å². The summed E-state index contributed by atoms with van der Waals surface area (Å²) in [4.78, 5) is 42.4. The molecular formula is C26H27BrClN3O5. The quantitative estimate of drug-likeness (QED) is 0.330. The number of likely N-dealkylation sites (tertiary alicyclic amines) is 1. The summed E-state index contributed by atoms with van der Waals surface area (Å²) in [5.41, 5.74) is -0.0871. The predicted molar refractivity (Wildman–Crippen MR) is 139 cm³/mol. The molecule has 0 aliphatic carbocycles. The summed E-state index contributed by atoms with van der Waals surface area (Å²) in [6.45, 7) is 0.253. The van der Waals surface area contributed by atoms with E-state index in [4.69, 9.17) is 16.3 Å². The molecule has 0 aromatic heterocycles. The zero-order valence-electron chi connectivity index (χ0n) is 19.4. The topological polar surface area (TPSA) is 108 Å². The van der Waals surface area contributed by atoms with Crippen LogP contribution in [0.1, 0.15) is 19.3 Å². The van der Waals surface area contributed by atoms with E-state index in [-0.39, 0.29) is 29.8 Å². The number of para-hydroxylation sites is 2. The number of aliphatic hydroxyl groups is 1. The number of fused-ring (bicyclic) bond motifs is 1. The second-order valence-corrected chi connectivity index (χ2v) is 11.0. The van der Waals surface area contributed by atoms with E-state index in [2.05, 4.69) is 26.6 Å². The van der Waals surface area contributed by atoms with Gasteiger partial charge in [0.1, 0.15) is 11.6 Å². The summed E-state index contributed by atoms with van der Waals surface area (Å²) in [5, 5.41) is 15.4. The molecule has 5 rings (SSSR count). The smallest absolute Gasteiger partial charge is 0.250 e. The van der Waals surface area contributed by atoms with Gasteiger partial charge >= 0.3 is 0 Å². The number of aliphatic hydroxyl groups excluding tert-OH is 1. The average molecular weight is 577 g/mol. The van der Waals surface area contributed by atoms with Gasteiger partial charge in [-0.05, 0) is 43.5 Å². The van der Waals surface area contributed by atoms with Gasteiger partial charge in [0.25, 0.3) is 0 Å². The Hall–Kier alpha value is -2.46. The average Bonchev–Trinajstić information content (AvgIpc) is 3.45. The number of hydrogen-bond acceptors (Lipinski definition) is 5. The normalized spacial score (nSPS) is 30.4. The number of nitrogens with zero attached hydrogens (tertiary/aromatic N) is 1. The zero-order valence-corrected chi connectivity index (χ0v) is 21.7. The second-order valence-electron chi connectivity index (χ2n) is 9.45. The van der Waals surface area contributed by atoms with E-state index in [0.717, 1.165) is 0 Å². The Morgan fingerprint density at radius 1 is 1.08 bits per heavy atom. The number of nitrogens with one attached hydrogen (secondary N) is 2. The fourth-order valence-corrected chi connectivity index (χ4v) is 7.00. The molecule has 8 nitrogen and oxygen atoms in total. The Morgan fingerprint density at radius 3 is 2.53 bits per heavy atom. The van der Waals surface area contributed by atoms with Gasteiger partial charge in [-0.25, -0.2) is 0 Å². The van der Waals surface area contributed by atoms with Gasteiger partial charge in [-0.1, -0.05) is 57.9 Å². The number of carbonyl (C=O) groups excluding carboxylic acids is 3. The number of amides is 3. The SMILES string of the molecule is O=C(Nc1ccccc1Cl)C1N(CCCCO)C(=O)[C@@H]2[C@H](C(=O)Nc3ccccc3)[C@H]3OC12CC3Br. The number of benzene rings is 2. The number of ether oxygens (including phenoxy) is 1. The van der Waals surface area contributed by atoms with Crippen molar-refractivity contribution in [3.8, 4) is 0 Å². The number of carbonyl (C=O) groups is 3. The molecule has 3 aliphatic rings. The third-order valence-corrected chi connectivity index (χ3v) is 8.49. The van der Waals surface area contributed by atoms with E-state index in [9.17, 15) is 19.5 Å². The molecule has 3 fully saturated rings. The summed E-state index contributed by atoms with van der Waals surface area (Å²) < 4.78 is 6.46. The molecule has 3 saturated heterocycles. The Morgan fingerprint density at radius 2 is 1.81 bits per heavy atom. The van der Waals surface area contributed by atoms with Gasteiger partial charge in [0.2, 0.25) is 17.7 Å². The number of halogens is 2. The first-order valence-electron chi connectivity index (χ1n) is 12.0. The van der Waals surface area contributed by atoms with Gasteiger partial charge in [0, 0.05) is 23.7 Å². The highest BCUT2D eigenvalue weighted by Gasteiger charge is 2.76. The van der Waals surface area contributed by atoms with Crippen molar-refractivity contribution in [2.24, 2.45) is 11.8 Å². The molecule has 2 aromatic carbocycles. The van der Waals surface area contributed by atoms with Crippen molar-refractivity contribution in [3.63, 3.8) is 0 Å². The van der Waals surface area contributed by atoms with Crippen LogP contribution in [0.15, 0.2) is 54.6 Å². The van der Waals surface area contributed by atoms with Crippen LogP contribution in [0.3, 0.4) is 0 Å². The standard InChI is InChI=1S/C26H27BrClN3O5/c27-16-14-26-20(19(21(16)36-26)23(33)29-15-8-2-1-3-9-15)25(35)31(12-6-7-13-32)22(26)24(34)30-18-11-5-4-10-17(18)28/h1-5,8-11,16,19-22,32H,6-7,12-14H2,(H,29,33)(H,30,34)/t16?,19-,20-,21-,22?,26?/m0/s1. The Labute approximate surface area is 222 Å². The minimum atomic E-state index is -1.15. The first-order chi connectivity index (χ1) is 17.4. The highest BCUT2D eigenvalue weighted by molar-refractivity contribution is 9.09. The Balaban J connectivity index is 1.49. The van der Waals surface area contributed by atoms with E-state index in [0.29, 0.717) is 35.7 Å². The van der Waals surface area contributed by atoms with Crippen molar-refractivity contribution in [2.45, 2.75) is 41.8 Å². The molecule has 3 aliphatic heterocycles. The molecule has 190 valence electrons. The summed E-state index contributed by atoms with van der Waals surface area (Å²) in [6, 6.07) is 15.0. The third-order valence-electron chi connectivity index (χ3n) is 7.32. The van der Waals surface area contributed by atoms with Crippen LogP contribution in [-0.2, 0) is 19.1 Å². The van der Waals surface area contributed by atoms with Gasteiger partial charge in [0.15, 0.2) is 0 Å². The van der Waals surface area contributed by atoms with Gasteiger partial charge in [-0.2, -0.15) is 0 Å². The van der Waals surface area contributed by atoms with Crippen LogP contribution in [-0.4, -0.2) is 63.5 Å². The monoisotopic (exact) mass is 575 g/mol. The first-order valence-corrected chi connectivity index (χ1v) is 13.3. The summed E-state index contributed by atoms with van der Waals surface area (Å²) >= 11 is 9.94. The van der Waals surface area contributed by atoms with Crippen LogP contribution in [0.2, 0.25) is 5.02 Å². The summed E-state index contributed by atoms with van der Waals surface area (Å²) in [7, 11) is 0. The molecule has 2 bridgehead atoms. The van der Waals surface area contributed by atoms with E-state index in [1.807, 2.05) is 18.2 Å². The second kappa shape index (κ2) is 10.1. The van der Waals surface area contributed by atoms with Crippen molar-refractivity contribution in [2.75, 3.05) is 23.8 Å². The summed E-state index contributed by atoms with van der Waals surface area (Å²) in [6.07, 6.45) is 0.879. The number of rotatable bonds is 8. The lowest BCUT2D eigenvalue weighted by molar-refractivity contribution is -0.139. The molecule has 3 amide bonds. The number of alkyl halides is 1. The highest BCUT2D eigenvalue weighted by atomic mass is 79.9. The Bertz CT molecular complexity index is 1170. The van der Waals surface area contributed by atoms with Crippen LogP contribution in [0, 0.1) is 11.8 Å². The van der Waals surface area contributed by atoms with Crippen LogP contribution >= 0.6 is 27.5 Å². The van der Waals surface area contributed by atoms with Crippen molar-refractivity contribution in [1.29, 1.82) is 0 Å². The van der Waals surface area contributed by atoms with Gasteiger partial charge in [-0.15, -0.1) is 0 Å². The maximum atomic E-state index is 13.9. The minimum absolute atomic E-state index is 0.0166. The first kappa shape index (κ1) is 25.2. The lowest BCUT2D eigenvalue weighted by atomic mass is 9.70. The third kappa shape index (κ3) is 4.22. The van der Waals surface area contributed by atoms with E-state index >= 15 is 0 Å². The number of unbranched alkanes of at least 4 members (excludes halogenated alkanes) is 1. The minimum Gasteiger partial charge on any atom is -0.396 e. The molecule has 0 saturated carbocycles. The van der Waals surface area contributed by atoms with Crippen molar-refractivity contribution in [3.05, 3.63) is 59.6 Å².